The standard InChI is InChI=1S/C10H9ClNO2/c1-3-7(2)8-4-9(11)6-10(5-8)12(13)14/h3-6H,1H2,2H3. The number of allylic oxidation sites excluding steroid dienone is 1. The summed E-state index contributed by atoms with van der Waals surface area (Å²) in [5, 5.41) is 10.9. The minimum Gasteiger partial charge on any atom is -0.258 e. The van der Waals surface area contributed by atoms with Crippen LogP contribution in [-0.4, -0.2) is 4.92 Å². The van der Waals surface area contributed by atoms with Crippen molar-refractivity contribution in [1.82, 2.24) is 0 Å². The van der Waals surface area contributed by atoms with Crippen LogP contribution in [0.25, 0.3) is 0 Å². The van der Waals surface area contributed by atoms with Gasteiger partial charge in [0.05, 0.1) is 4.92 Å². The molecule has 1 radical (unpaired) electrons. The molecule has 14 heavy (non-hydrogen) atoms. The quantitative estimate of drug-likeness (QED) is 0.567. The topological polar surface area (TPSA) is 43.1 Å². The maximum absolute atomic E-state index is 10.5. The van der Waals surface area contributed by atoms with Crippen LogP contribution in [0.5, 0.6) is 0 Å². The minimum absolute atomic E-state index is 0.00583. The summed E-state index contributed by atoms with van der Waals surface area (Å²) >= 11 is 5.74. The normalized spacial score (nSPS) is 10.2. The monoisotopic (exact) mass is 210 g/mol. The number of hydrogen-bond acceptors (Lipinski definition) is 2. The lowest BCUT2D eigenvalue weighted by molar-refractivity contribution is -0.384. The maximum atomic E-state index is 10.5. The van der Waals surface area contributed by atoms with Crippen LogP contribution in [-0.2, 0) is 0 Å². The molecule has 0 N–H and O–H groups in total. The number of rotatable bonds is 3. The number of benzene rings is 1. The van der Waals surface area contributed by atoms with Gasteiger partial charge in [0.15, 0.2) is 0 Å². The highest BCUT2D eigenvalue weighted by Crippen LogP contribution is 2.25. The van der Waals surface area contributed by atoms with Crippen molar-refractivity contribution in [3.8, 4) is 0 Å². The smallest absolute Gasteiger partial charge is 0.258 e. The molecule has 0 bridgehead atoms. The van der Waals surface area contributed by atoms with Crippen molar-refractivity contribution in [2.75, 3.05) is 0 Å². The molecule has 0 unspecified atom stereocenters. The Hall–Kier alpha value is -1.35. The van der Waals surface area contributed by atoms with E-state index in [1.54, 1.807) is 12.1 Å². The van der Waals surface area contributed by atoms with Crippen molar-refractivity contribution in [1.29, 1.82) is 0 Å². The third kappa shape index (κ3) is 2.33. The molecule has 0 saturated heterocycles. The largest absolute Gasteiger partial charge is 0.271 e. The molecule has 0 heterocycles. The summed E-state index contributed by atoms with van der Waals surface area (Å²) < 4.78 is 0. The molecule has 0 atom stereocenters. The summed E-state index contributed by atoms with van der Waals surface area (Å²) in [5.41, 5.74) is 0.716. The zero-order chi connectivity index (χ0) is 10.7. The van der Waals surface area contributed by atoms with Crippen molar-refractivity contribution in [2.24, 2.45) is 0 Å². The second-order valence-corrected chi connectivity index (χ2v) is 3.28. The van der Waals surface area contributed by atoms with Crippen LogP contribution in [0, 0.1) is 16.0 Å². The van der Waals surface area contributed by atoms with E-state index in [1.165, 1.54) is 12.1 Å². The Morgan fingerprint density at radius 2 is 2.21 bits per heavy atom. The lowest BCUT2D eigenvalue weighted by Crippen LogP contribution is -1.93. The number of halogens is 1. The van der Waals surface area contributed by atoms with Crippen LogP contribution in [0.2, 0.25) is 5.02 Å². The lowest BCUT2D eigenvalue weighted by Gasteiger charge is -2.05. The fourth-order valence-electron chi connectivity index (χ4n) is 1.03. The van der Waals surface area contributed by atoms with E-state index in [4.69, 9.17) is 11.6 Å². The van der Waals surface area contributed by atoms with Gasteiger partial charge < -0.3 is 0 Å². The van der Waals surface area contributed by atoms with Gasteiger partial charge in [0.2, 0.25) is 0 Å². The third-order valence-electron chi connectivity index (χ3n) is 1.85. The van der Waals surface area contributed by atoms with E-state index in [2.05, 4.69) is 6.58 Å². The average molecular weight is 211 g/mol. The molecule has 1 aromatic carbocycles. The van der Waals surface area contributed by atoms with Gasteiger partial charge in [-0.15, -0.1) is 6.58 Å². The first-order chi connectivity index (χ1) is 6.54. The zero-order valence-corrected chi connectivity index (χ0v) is 8.41. The van der Waals surface area contributed by atoms with Gasteiger partial charge in [0, 0.05) is 23.1 Å². The van der Waals surface area contributed by atoms with Gasteiger partial charge in [-0.1, -0.05) is 24.6 Å². The van der Waals surface area contributed by atoms with E-state index in [9.17, 15) is 10.1 Å². The molecule has 1 rings (SSSR count). The fraction of sp³-hybridized carbons (Fsp3) is 0.100. The number of nitro groups is 1. The van der Waals surface area contributed by atoms with Crippen LogP contribution < -0.4 is 0 Å². The summed E-state index contributed by atoms with van der Waals surface area (Å²) in [4.78, 5) is 10.1. The van der Waals surface area contributed by atoms with Crippen LogP contribution in [0.3, 0.4) is 0 Å². The van der Waals surface area contributed by atoms with E-state index in [1.807, 2.05) is 6.92 Å². The van der Waals surface area contributed by atoms with Crippen molar-refractivity contribution >= 4 is 17.3 Å². The molecular formula is C10H9ClNO2. The Morgan fingerprint density at radius 3 is 2.71 bits per heavy atom. The molecule has 0 spiro atoms. The Kier molecular flexibility index (Phi) is 3.25. The summed E-state index contributed by atoms with van der Waals surface area (Å²) in [7, 11) is 0. The molecule has 0 saturated carbocycles. The SMILES string of the molecule is C=C[C](C)c1cc(Cl)cc([N+](=O)[O-])c1. The summed E-state index contributed by atoms with van der Waals surface area (Å²) in [6.07, 6.45) is 1.63. The second kappa shape index (κ2) is 4.24. The molecule has 0 aromatic heterocycles. The van der Waals surface area contributed by atoms with Gasteiger partial charge in [-0.2, -0.15) is 0 Å². The van der Waals surface area contributed by atoms with Crippen molar-refractivity contribution in [2.45, 2.75) is 6.92 Å². The van der Waals surface area contributed by atoms with E-state index >= 15 is 0 Å². The van der Waals surface area contributed by atoms with E-state index in [-0.39, 0.29) is 5.69 Å². The highest BCUT2D eigenvalue weighted by atomic mass is 35.5. The Bertz CT molecular complexity index is 376. The van der Waals surface area contributed by atoms with E-state index in [0.29, 0.717) is 5.02 Å². The van der Waals surface area contributed by atoms with E-state index in [0.717, 1.165) is 11.5 Å². The molecule has 4 heteroatoms. The average Bonchev–Trinajstić information content (AvgIpc) is 2.15. The first kappa shape index (κ1) is 10.7. The van der Waals surface area contributed by atoms with E-state index < -0.39 is 4.92 Å². The maximum Gasteiger partial charge on any atom is 0.271 e. The molecule has 73 valence electrons. The summed E-state index contributed by atoms with van der Waals surface area (Å²) in [6, 6.07) is 4.47. The number of nitrogens with zero attached hydrogens (tertiary/aromatic N) is 1. The fourth-order valence-corrected chi connectivity index (χ4v) is 1.25. The Balaban J connectivity index is 3.19. The van der Waals surface area contributed by atoms with Crippen LogP contribution in [0.15, 0.2) is 30.9 Å². The van der Waals surface area contributed by atoms with Gasteiger partial charge in [-0.3, -0.25) is 10.1 Å². The second-order valence-electron chi connectivity index (χ2n) is 2.84. The number of non-ortho nitro benzene ring substituents is 1. The van der Waals surface area contributed by atoms with Crippen molar-refractivity contribution in [3.63, 3.8) is 0 Å². The van der Waals surface area contributed by atoms with Crippen LogP contribution in [0.1, 0.15) is 12.5 Å². The molecule has 1 aromatic rings. The predicted molar refractivity (Wildman–Crippen MR) is 56.3 cm³/mol. The van der Waals surface area contributed by atoms with Crippen molar-refractivity contribution < 1.29 is 4.92 Å². The summed E-state index contributed by atoms with van der Waals surface area (Å²) in [6.45, 7) is 5.41. The van der Waals surface area contributed by atoms with Gasteiger partial charge in [-0.25, -0.2) is 0 Å². The van der Waals surface area contributed by atoms with Gasteiger partial charge >= 0.3 is 0 Å². The van der Waals surface area contributed by atoms with Crippen LogP contribution in [0.4, 0.5) is 5.69 Å². The van der Waals surface area contributed by atoms with Gasteiger partial charge in [0.1, 0.15) is 0 Å². The first-order valence-corrected chi connectivity index (χ1v) is 4.33. The molecular weight excluding hydrogens is 202 g/mol. The lowest BCUT2D eigenvalue weighted by atomic mass is 10.0. The number of nitro benzene ring substituents is 1. The van der Waals surface area contributed by atoms with Crippen LogP contribution >= 0.6 is 11.6 Å². The number of hydrogen-bond donors (Lipinski definition) is 0. The Labute approximate surface area is 87.2 Å². The van der Waals surface area contributed by atoms with Gasteiger partial charge in [-0.05, 0) is 11.6 Å². The highest BCUT2D eigenvalue weighted by Gasteiger charge is 2.11. The molecule has 0 aliphatic rings. The Morgan fingerprint density at radius 1 is 1.57 bits per heavy atom. The molecule has 0 aliphatic carbocycles. The van der Waals surface area contributed by atoms with Gasteiger partial charge in [0.25, 0.3) is 5.69 Å². The molecule has 0 amide bonds. The predicted octanol–water partition coefficient (Wildman–Crippen LogP) is 3.38. The first-order valence-electron chi connectivity index (χ1n) is 3.96. The molecule has 3 nitrogen and oxygen atoms in total. The molecule has 0 aliphatic heterocycles. The summed E-state index contributed by atoms with van der Waals surface area (Å²) in [5.74, 6) is 0.857. The third-order valence-corrected chi connectivity index (χ3v) is 2.07. The molecule has 0 fully saturated rings. The van der Waals surface area contributed by atoms with Crippen molar-refractivity contribution in [3.05, 3.63) is 57.5 Å². The zero-order valence-electron chi connectivity index (χ0n) is 7.66. The highest BCUT2D eigenvalue weighted by molar-refractivity contribution is 6.30. The minimum atomic E-state index is -0.467.